The van der Waals surface area contributed by atoms with Gasteiger partial charge in [0, 0.05) is 11.4 Å². The summed E-state index contributed by atoms with van der Waals surface area (Å²) in [5.74, 6) is 0. The van der Waals surface area contributed by atoms with Gasteiger partial charge < -0.3 is 5.11 Å². The highest BCUT2D eigenvalue weighted by molar-refractivity contribution is 7.99. The van der Waals surface area contributed by atoms with E-state index in [9.17, 15) is 0 Å². The molecule has 0 heterocycles. The maximum Gasteiger partial charge on any atom is 0.0482 e. The van der Waals surface area contributed by atoms with Crippen LogP contribution in [0.15, 0.2) is 0 Å². The first-order chi connectivity index (χ1) is 4.83. The Kier molecular flexibility index (Phi) is 3.92. The van der Waals surface area contributed by atoms with Crippen molar-refractivity contribution in [2.45, 2.75) is 38.9 Å². The summed E-state index contributed by atoms with van der Waals surface area (Å²) in [6, 6.07) is 0. The van der Waals surface area contributed by atoms with Crippen LogP contribution in [0.3, 0.4) is 0 Å². The van der Waals surface area contributed by atoms with Gasteiger partial charge in [0.2, 0.25) is 0 Å². The highest BCUT2D eigenvalue weighted by atomic mass is 32.2. The summed E-state index contributed by atoms with van der Waals surface area (Å²) in [5, 5.41) is 9.04. The normalized spacial score (nSPS) is 13.6. The van der Waals surface area contributed by atoms with Gasteiger partial charge >= 0.3 is 0 Å². The average Bonchev–Trinajstić information content (AvgIpc) is 1.86. The first kappa shape index (κ1) is 11.3. The second-order valence-electron chi connectivity index (χ2n) is 4.46. The van der Waals surface area contributed by atoms with Crippen LogP contribution in [-0.2, 0) is 0 Å². The zero-order valence-electron chi connectivity index (χ0n) is 8.27. The first-order valence-corrected chi connectivity index (χ1v) is 5.21. The third-order valence-electron chi connectivity index (χ3n) is 1.88. The maximum absolute atomic E-state index is 9.04. The Morgan fingerprint density at radius 3 is 1.91 bits per heavy atom. The van der Waals surface area contributed by atoms with Crippen LogP contribution in [0, 0.1) is 5.41 Å². The Bertz CT molecular complexity index is 105. The highest BCUT2D eigenvalue weighted by Gasteiger charge is 2.27. The number of rotatable bonds is 4. The van der Waals surface area contributed by atoms with Crippen molar-refractivity contribution in [1.29, 1.82) is 0 Å². The lowest BCUT2D eigenvalue weighted by Crippen LogP contribution is -2.28. The summed E-state index contributed by atoms with van der Waals surface area (Å²) in [6.07, 6.45) is 3.17. The Morgan fingerprint density at radius 2 is 1.64 bits per heavy atom. The quantitative estimate of drug-likeness (QED) is 0.710. The molecule has 0 aromatic rings. The van der Waals surface area contributed by atoms with Gasteiger partial charge in [-0.3, -0.25) is 0 Å². The second kappa shape index (κ2) is 3.81. The van der Waals surface area contributed by atoms with Gasteiger partial charge in [0.05, 0.1) is 0 Å². The van der Waals surface area contributed by atoms with Gasteiger partial charge in [0.15, 0.2) is 0 Å². The molecule has 0 rings (SSSR count). The van der Waals surface area contributed by atoms with Crippen LogP contribution in [0.4, 0.5) is 0 Å². The van der Waals surface area contributed by atoms with Gasteiger partial charge in [0.25, 0.3) is 0 Å². The van der Waals surface area contributed by atoms with Crippen molar-refractivity contribution in [3.05, 3.63) is 0 Å². The van der Waals surface area contributed by atoms with Crippen molar-refractivity contribution in [1.82, 2.24) is 0 Å². The standard InChI is InChI=1S/C9H20OS/c1-8(2,7-10)6-9(3,4)11-5/h10H,6-7H2,1-5H3. The molecule has 11 heavy (non-hydrogen) atoms. The van der Waals surface area contributed by atoms with Crippen LogP contribution < -0.4 is 0 Å². The zero-order valence-corrected chi connectivity index (χ0v) is 9.09. The lowest BCUT2D eigenvalue weighted by atomic mass is 9.84. The molecule has 0 amide bonds. The van der Waals surface area contributed by atoms with Gasteiger partial charge in [-0.2, -0.15) is 11.8 Å². The Balaban J connectivity index is 4.02. The first-order valence-electron chi connectivity index (χ1n) is 3.99. The van der Waals surface area contributed by atoms with Gasteiger partial charge in [0.1, 0.15) is 0 Å². The molecule has 0 spiro atoms. The molecule has 1 N–H and O–H groups in total. The fraction of sp³-hybridized carbons (Fsp3) is 1.00. The van der Waals surface area contributed by atoms with Crippen LogP contribution >= 0.6 is 11.8 Å². The molecule has 0 saturated carbocycles. The van der Waals surface area contributed by atoms with Crippen LogP contribution in [0.1, 0.15) is 34.1 Å². The molecule has 0 aliphatic rings. The molecule has 0 atom stereocenters. The summed E-state index contributed by atoms with van der Waals surface area (Å²) in [6.45, 7) is 8.91. The fourth-order valence-electron chi connectivity index (χ4n) is 1.28. The minimum absolute atomic E-state index is 0.0620. The van der Waals surface area contributed by atoms with E-state index in [1.165, 1.54) is 0 Å². The van der Waals surface area contributed by atoms with Crippen molar-refractivity contribution in [2.75, 3.05) is 12.9 Å². The van der Waals surface area contributed by atoms with Crippen LogP contribution in [0.5, 0.6) is 0 Å². The second-order valence-corrected chi connectivity index (χ2v) is 5.98. The Morgan fingerprint density at radius 1 is 1.18 bits per heavy atom. The van der Waals surface area contributed by atoms with E-state index in [0.717, 1.165) is 6.42 Å². The zero-order chi connectivity index (χ0) is 9.12. The van der Waals surface area contributed by atoms with E-state index in [1.54, 1.807) is 0 Å². The molecule has 2 heteroatoms. The average molecular weight is 176 g/mol. The minimum Gasteiger partial charge on any atom is -0.396 e. The molecule has 0 radical (unpaired) electrons. The number of thioether (sulfide) groups is 1. The molecule has 0 aliphatic carbocycles. The summed E-state index contributed by atoms with van der Waals surface area (Å²) >= 11 is 1.86. The largest absolute Gasteiger partial charge is 0.396 e. The SMILES string of the molecule is CSC(C)(C)CC(C)(C)CO. The van der Waals surface area contributed by atoms with Crippen molar-refractivity contribution in [3.63, 3.8) is 0 Å². The fourth-order valence-corrected chi connectivity index (χ4v) is 1.82. The molecule has 1 nitrogen and oxygen atoms in total. The van der Waals surface area contributed by atoms with Crippen LogP contribution in [-0.4, -0.2) is 22.7 Å². The topological polar surface area (TPSA) is 20.2 Å². The molecule has 68 valence electrons. The van der Waals surface area contributed by atoms with Gasteiger partial charge in [-0.25, -0.2) is 0 Å². The van der Waals surface area contributed by atoms with Gasteiger partial charge in [-0.1, -0.05) is 27.7 Å². The van der Waals surface area contributed by atoms with Crippen molar-refractivity contribution >= 4 is 11.8 Å². The minimum atomic E-state index is 0.0620. The monoisotopic (exact) mass is 176 g/mol. The maximum atomic E-state index is 9.04. The number of hydrogen-bond acceptors (Lipinski definition) is 2. The highest BCUT2D eigenvalue weighted by Crippen LogP contribution is 2.34. The Hall–Kier alpha value is 0.310. The van der Waals surface area contributed by atoms with Crippen molar-refractivity contribution in [2.24, 2.45) is 5.41 Å². The summed E-state index contributed by atoms with van der Waals surface area (Å²) in [7, 11) is 0. The van der Waals surface area contributed by atoms with E-state index in [4.69, 9.17) is 5.11 Å². The molecule has 0 fully saturated rings. The van der Waals surface area contributed by atoms with Gasteiger partial charge in [-0.05, 0) is 18.1 Å². The van der Waals surface area contributed by atoms with E-state index in [0.29, 0.717) is 0 Å². The lowest BCUT2D eigenvalue weighted by Gasteiger charge is -2.32. The third kappa shape index (κ3) is 4.70. The molecule has 0 saturated heterocycles. The summed E-state index contributed by atoms with van der Waals surface area (Å²) in [4.78, 5) is 0. The predicted molar refractivity (Wildman–Crippen MR) is 53.1 cm³/mol. The molecule has 0 aromatic heterocycles. The molecule has 0 aliphatic heterocycles. The third-order valence-corrected chi connectivity index (χ3v) is 3.13. The van der Waals surface area contributed by atoms with Crippen molar-refractivity contribution in [3.8, 4) is 0 Å². The predicted octanol–water partition coefficient (Wildman–Crippen LogP) is 2.54. The lowest BCUT2D eigenvalue weighted by molar-refractivity contribution is 0.141. The van der Waals surface area contributed by atoms with E-state index < -0.39 is 0 Å². The van der Waals surface area contributed by atoms with E-state index in [1.807, 2.05) is 11.8 Å². The van der Waals surface area contributed by atoms with Crippen LogP contribution in [0.25, 0.3) is 0 Å². The molecular weight excluding hydrogens is 156 g/mol. The number of aliphatic hydroxyl groups is 1. The summed E-state index contributed by atoms with van der Waals surface area (Å²) < 4.78 is 0.284. The number of hydrogen-bond donors (Lipinski definition) is 1. The van der Waals surface area contributed by atoms with Gasteiger partial charge in [-0.15, -0.1) is 0 Å². The number of aliphatic hydroxyl groups excluding tert-OH is 1. The van der Waals surface area contributed by atoms with Crippen LogP contribution in [0.2, 0.25) is 0 Å². The Labute approximate surface area is 74.6 Å². The molecule has 0 unspecified atom stereocenters. The van der Waals surface area contributed by atoms with E-state index in [2.05, 4.69) is 34.0 Å². The molecular formula is C9H20OS. The van der Waals surface area contributed by atoms with E-state index in [-0.39, 0.29) is 16.8 Å². The summed E-state index contributed by atoms with van der Waals surface area (Å²) in [5.41, 5.74) is 0.0620. The smallest absolute Gasteiger partial charge is 0.0482 e. The van der Waals surface area contributed by atoms with Crippen molar-refractivity contribution < 1.29 is 5.11 Å². The van der Waals surface area contributed by atoms with E-state index >= 15 is 0 Å². The molecule has 0 bridgehead atoms. The molecule has 0 aromatic carbocycles.